The van der Waals surface area contributed by atoms with Crippen molar-refractivity contribution < 1.29 is 4.92 Å². The summed E-state index contributed by atoms with van der Waals surface area (Å²) in [6.07, 6.45) is 1.00. The molecule has 1 heterocycles. The van der Waals surface area contributed by atoms with Gasteiger partial charge in [-0.25, -0.2) is 0 Å². The highest BCUT2D eigenvalue weighted by atomic mass is 32.1. The summed E-state index contributed by atoms with van der Waals surface area (Å²) in [7, 11) is 0. The lowest BCUT2D eigenvalue weighted by atomic mass is 10.2. The van der Waals surface area contributed by atoms with Crippen LogP contribution in [0.5, 0.6) is 0 Å². The maximum absolute atomic E-state index is 10.7. The maximum Gasteiger partial charge on any atom is 0.292 e. The molecule has 0 aliphatic heterocycles. The van der Waals surface area contributed by atoms with Crippen LogP contribution in [-0.4, -0.2) is 4.92 Å². The molecule has 0 spiro atoms. The Labute approximate surface area is 115 Å². The fourth-order valence-corrected chi connectivity index (χ4v) is 2.77. The van der Waals surface area contributed by atoms with Gasteiger partial charge in [0.05, 0.1) is 4.92 Å². The third-order valence-electron chi connectivity index (χ3n) is 2.90. The number of nitrogens with one attached hydrogen (secondary N) is 1. The zero-order valence-electron chi connectivity index (χ0n) is 10.6. The van der Waals surface area contributed by atoms with Gasteiger partial charge in [-0.1, -0.05) is 6.92 Å². The summed E-state index contributed by atoms with van der Waals surface area (Å²) >= 11 is 1.70. The zero-order valence-corrected chi connectivity index (χ0v) is 11.4. The van der Waals surface area contributed by atoms with Gasteiger partial charge in [-0.3, -0.25) is 10.1 Å². The molecule has 6 heteroatoms. The molecular weight excluding hydrogens is 262 g/mol. The van der Waals surface area contributed by atoms with Gasteiger partial charge in [0.2, 0.25) is 0 Å². The summed E-state index contributed by atoms with van der Waals surface area (Å²) in [5.74, 6) is 0. The van der Waals surface area contributed by atoms with Crippen LogP contribution in [0.15, 0.2) is 29.6 Å². The molecular formula is C13H15N3O2S. The average molecular weight is 277 g/mol. The van der Waals surface area contributed by atoms with Crippen LogP contribution in [0.1, 0.15) is 17.4 Å². The molecule has 0 amide bonds. The summed E-state index contributed by atoms with van der Waals surface area (Å²) in [6.45, 7) is 2.83. The van der Waals surface area contributed by atoms with Crippen LogP contribution in [0.2, 0.25) is 0 Å². The molecule has 2 rings (SSSR count). The molecule has 0 atom stereocenters. The number of hydrogen-bond acceptors (Lipinski definition) is 5. The first-order valence-electron chi connectivity index (χ1n) is 5.95. The highest BCUT2D eigenvalue weighted by Crippen LogP contribution is 2.25. The van der Waals surface area contributed by atoms with Gasteiger partial charge in [-0.15, -0.1) is 11.3 Å². The van der Waals surface area contributed by atoms with Gasteiger partial charge in [0.1, 0.15) is 5.69 Å². The summed E-state index contributed by atoms with van der Waals surface area (Å²) < 4.78 is 0. The van der Waals surface area contributed by atoms with E-state index in [2.05, 4.69) is 23.7 Å². The topological polar surface area (TPSA) is 81.2 Å². The van der Waals surface area contributed by atoms with Crippen LogP contribution >= 0.6 is 11.3 Å². The second-order valence-corrected chi connectivity index (χ2v) is 5.11. The van der Waals surface area contributed by atoms with Crippen LogP contribution in [0.4, 0.5) is 17.1 Å². The molecule has 0 bridgehead atoms. The molecule has 2 aromatic rings. The zero-order chi connectivity index (χ0) is 13.8. The number of aryl methyl sites for hydroxylation is 1. The first-order valence-corrected chi connectivity index (χ1v) is 6.82. The molecule has 1 aromatic carbocycles. The monoisotopic (exact) mass is 277 g/mol. The minimum absolute atomic E-state index is 0.0593. The van der Waals surface area contributed by atoms with Crippen molar-refractivity contribution in [2.24, 2.45) is 0 Å². The number of nitrogens with two attached hydrogens (primary N) is 1. The Morgan fingerprint density at radius 3 is 2.84 bits per heavy atom. The predicted octanol–water partition coefficient (Wildman–Crippen LogP) is 3.41. The Bertz CT molecular complexity index is 595. The van der Waals surface area contributed by atoms with Gasteiger partial charge >= 0.3 is 0 Å². The highest BCUT2D eigenvalue weighted by molar-refractivity contribution is 7.10. The van der Waals surface area contributed by atoms with E-state index < -0.39 is 4.92 Å². The molecule has 0 aliphatic rings. The van der Waals surface area contributed by atoms with E-state index in [-0.39, 0.29) is 11.4 Å². The molecule has 0 saturated carbocycles. The molecule has 100 valence electrons. The number of benzene rings is 1. The quantitative estimate of drug-likeness (QED) is 0.498. The van der Waals surface area contributed by atoms with Gasteiger partial charge in [0.15, 0.2) is 0 Å². The largest absolute Gasteiger partial charge is 0.393 e. The number of nitrogens with zero attached hydrogens (tertiary/aromatic N) is 1. The van der Waals surface area contributed by atoms with Crippen molar-refractivity contribution >= 4 is 28.4 Å². The van der Waals surface area contributed by atoms with Gasteiger partial charge in [-0.2, -0.15) is 0 Å². The summed E-state index contributed by atoms with van der Waals surface area (Å²) in [5.41, 5.74) is 7.88. The molecule has 19 heavy (non-hydrogen) atoms. The lowest BCUT2D eigenvalue weighted by Gasteiger charge is -2.07. The molecule has 0 unspecified atom stereocenters. The summed E-state index contributed by atoms with van der Waals surface area (Å²) in [6, 6.07) is 6.81. The van der Waals surface area contributed by atoms with E-state index in [9.17, 15) is 10.1 Å². The van der Waals surface area contributed by atoms with Gasteiger partial charge < -0.3 is 11.1 Å². The Kier molecular flexibility index (Phi) is 4.01. The van der Waals surface area contributed by atoms with E-state index in [4.69, 9.17) is 5.73 Å². The SMILES string of the molecule is CCc1ccsc1CNc1ccc([N+](=O)[O-])c(N)c1. The van der Waals surface area contributed by atoms with Crippen molar-refractivity contribution in [3.8, 4) is 0 Å². The third kappa shape index (κ3) is 3.03. The number of nitro groups is 1. The normalized spacial score (nSPS) is 10.4. The standard InChI is InChI=1S/C13H15N3O2S/c1-2-9-5-6-19-13(9)8-15-10-3-4-12(16(17)18)11(14)7-10/h3-7,15H,2,8,14H2,1H3. The highest BCUT2D eigenvalue weighted by Gasteiger charge is 2.11. The van der Waals surface area contributed by atoms with Crippen LogP contribution in [0, 0.1) is 10.1 Å². The second kappa shape index (κ2) is 5.71. The average Bonchev–Trinajstić information content (AvgIpc) is 2.83. The fourth-order valence-electron chi connectivity index (χ4n) is 1.85. The number of nitro benzene ring substituents is 1. The predicted molar refractivity (Wildman–Crippen MR) is 78.5 cm³/mol. The second-order valence-electron chi connectivity index (χ2n) is 4.11. The molecule has 1 aromatic heterocycles. The Balaban J connectivity index is 2.08. The van der Waals surface area contributed by atoms with E-state index in [0.717, 1.165) is 12.1 Å². The molecule has 0 saturated heterocycles. The van der Waals surface area contributed by atoms with E-state index in [1.54, 1.807) is 23.5 Å². The number of anilines is 2. The van der Waals surface area contributed by atoms with Crippen molar-refractivity contribution in [2.75, 3.05) is 11.1 Å². The van der Waals surface area contributed by atoms with Crippen molar-refractivity contribution in [1.82, 2.24) is 0 Å². The Hall–Kier alpha value is -2.08. The third-order valence-corrected chi connectivity index (χ3v) is 3.86. The van der Waals surface area contributed by atoms with Crippen LogP contribution in [-0.2, 0) is 13.0 Å². The number of thiophene rings is 1. The summed E-state index contributed by atoms with van der Waals surface area (Å²) in [4.78, 5) is 11.5. The van der Waals surface area contributed by atoms with Crippen molar-refractivity contribution in [1.29, 1.82) is 0 Å². The van der Waals surface area contributed by atoms with Gasteiger partial charge in [-0.05, 0) is 35.6 Å². The van der Waals surface area contributed by atoms with Crippen LogP contribution < -0.4 is 11.1 Å². The van der Waals surface area contributed by atoms with Crippen LogP contribution in [0.3, 0.4) is 0 Å². The molecule has 0 aliphatic carbocycles. The maximum atomic E-state index is 10.7. The lowest BCUT2D eigenvalue weighted by Crippen LogP contribution is -2.02. The van der Waals surface area contributed by atoms with E-state index >= 15 is 0 Å². The molecule has 3 N–H and O–H groups in total. The first kappa shape index (κ1) is 13.4. The van der Waals surface area contributed by atoms with E-state index in [1.165, 1.54) is 16.5 Å². The first-order chi connectivity index (χ1) is 9.11. The van der Waals surface area contributed by atoms with Gasteiger partial charge in [0, 0.05) is 23.2 Å². The number of rotatable bonds is 5. The molecule has 0 fully saturated rings. The van der Waals surface area contributed by atoms with E-state index in [0.29, 0.717) is 6.54 Å². The number of hydrogen-bond donors (Lipinski definition) is 2. The van der Waals surface area contributed by atoms with Crippen LogP contribution in [0.25, 0.3) is 0 Å². The van der Waals surface area contributed by atoms with Crippen molar-refractivity contribution in [2.45, 2.75) is 19.9 Å². The number of nitrogen functional groups attached to an aromatic ring is 1. The van der Waals surface area contributed by atoms with Gasteiger partial charge in [0.25, 0.3) is 5.69 Å². The Morgan fingerprint density at radius 2 is 2.21 bits per heavy atom. The lowest BCUT2D eigenvalue weighted by molar-refractivity contribution is -0.383. The molecule has 5 nitrogen and oxygen atoms in total. The minimum Gasteiger partial charge on any atom is -0.393 e. The van der Waals surface area contributed by atoms with E-state index in [1.807, 2.05) is 0 Å². The van der Waals surface area contributed by atoms with Crippen molar-refractivity contribution in [3.05, 3.63) is 50.2 Å². The fraction of sp³-hybridized carbons (Fsp3) is 0.231. The molecule has 0 radical (unpaired) electrons. The minimum atomic E-state index is -0.479. The Morgan fingerprint density at radius 1 is 1.42 bits per heavy atom. The smallest absolute Gasteiger partial charge is 0.292 e. The van der Waals surface area contributed by atoms with Crippen molar-refractivity contribution in [3.63, 3.8) is 0 Å². The summed E-state index contributed by atoms with van der Waals surface area (Å²) in [5, 5.41) is 16.0.